The van der Waals surface area contributed by atoms with Gasteiger partial charge in [-0.3, -0.25) is 9.78 Å². The Morgan fingerprint density at radius 1 is 1.35 bits per heavy atom. The van der Waals surface area contributed by atoms with E-state index in [1.54, 1.807) is 12.1 Å². The highest BCUT2D eigenvalue weighted by molar-refractivity contribution is 5.93. The molecule has 0 aliphatic heterocycles. The topological polar surface area (TPSA) is 90.6 Å². The van der Waals surface area contributed by atoms with Crippen LogP contribution in [-0.2, 0) is 0 Å². The van der Waals surface area contributed by atoms with E-state index in [1.807, 2.05) is 0 Å². The molecule has 20 heavy (non-hydrogen) atoms. The Morgan fingerprint density at radius 3 is 2.85 bits per heavy atom. The Hall–Kier alpha value is -2.11. The van der Waals surface area contributed by atoms with Crippen molar-refractivity contribution in [3.63, 3.8) is 0 Å². The molecule has 1 aliphatic carbocycles. The van der Waals surface area contributed by atoms with Crippen molar-refractivity contribution in [2.75, 3.05) is 6.54 Å². The molecule has 2 aromatic rings. The van der Waals surface area contributed by atoms with Gasteiger partial charge in [-0.1, -0.05) is 19.8 Å². The monoisotopic (exact) mass is 274 g/mol. The van der Waals surface area contributed by atoms with Crippen LogP contribution in [-0.4, -0.2) is 27.4 Å². The van der Waals surface area contributed by atoms with Gasteiger partial charge < -0.3 is 10.3 Å². The van der Waals surface area contributed by atoms with Crippen molar-refractivity contribution in [1.29, 1.82) is 0 Å². The maximum absolute atomic E-state index is 12.1. The number of carbonyl (C=O) groups is 1. The molecule has 1 aliphatic rings. The molecule has 3 N–H and O–H groups in total. The normalized spacial score (nSPS) is 17.4. The molecule has 0 unspecified atom stereocenters. The second kappa shape index (κ2) is 4.77. The summed E-state index contributed by atoms with van der Waals surface area (Å²) in [6, 6.07) is 3.31. The molecule has 1 saturated carbocycles. The molecule has 2 aromatic heterocycles. The smallest absolute Gasteiger partial charge is 0.325 e. The second-order valence-electron chi connectivity index (χ2n) is 5.87. The standard InChI is InChI=1S/C14H18N4O2/c1-14(6-2-3-7-14)8-15-12(19)10-5-4-9-11(16-10)18-13(20)17-9/h4-5H,2-3,6-8H2,1H3,(H,15,19)(H2,16,17,18,20). The first-order valence-corrected chi connectivity index (χ1v) is 6.93. The number of pyridine rings is 1. The van der Waals surface area contributed by atoms with Gasteiger partial charge in [0, 0.05) is 6.54 Å². The number of nitrogens with one attached hydrogen (secondary N) is 3. The van der Waals surface area contributed by atoms with Gasteiger partial charge in [0.1, 0.15) is 5.69 Å². The highest BCUT2D eigenvalue weighted by atomic mass is 16.2. The number of amides is 1. The van der Waals surface area contributed by atoms with E-state index in [-0.39, 0.29) is 17.0 Å². The summed E-state index contributed by atoms with van der Waals surface area (Å²) in [6.45, 7) is 2.88. The Bertz CT molecular complexity index is 695. The van der Waals surface area contributed by atoms with Crippen LogP contribution < -0.4 is 11.0 Å². The lowest BCUT2D eigenvalue weighted by Gasteiger charge is -2.23. The molecular weight excluding hydrogens is 256 g/mol. The lowest BCUT2D eigenvalue weighted by atomic mass is 9.89. The van der Waals surface area contributed by atoms with Gasteiger partial charge in [-0.15, -0.1) is 0 Å². The van der Waals surface area contributed by atoms with Crippen molar-refractivity contribution in [2.45, 2.75) is 32.6 Å². The van der Waals surface area contributed by atoms with E-state index in [2.05, 4.69) is 27.2 Å². The van der Waals surface area contributed by atoms with E-state index in [0.717, 1.165) is 12.8 Å². The third-order valence-corrected chi connectivity index (χ3v) is 4.09. The molecule has 0 bridgehead atoms. The lowest BCUT2D eigenvalue weighted by molar-refractivity contribution is 0.0929. The van der Waals surface area contributed by atoms with E-state index in [9.17, 15) is 9.59 Å². The minimum atomic E-state index is -0.316. The average Bonchev–Trinajstić information content (AvgIpc) is 3.00. The van der Waals surface area contributed by atoms with Crippen LogP contribution in [0, 0.1) is 5.41 Å². The lowest BCUT2D eigenvalue weighted by Crippen LogP contribution is -2.34. The molecule has 0 radical (unpaired) electrons. The third-order valence-electron chi connectivity index (χ3n) is 4.09. The molecule has 6 nitrogen and oxygen atoms in total. The zero-order chi connectivity index (χ0) is 14.2. The molecule has 0 atom stereocenters. The summed E-state index contributed by atoms with van der Waals surface area (Å²) < 4.78 is 0. The molecule has 6 heteroatoms. The molecule has 0 spiro atoms. The zero-order valence-corrected chi connectivity index (χ0v) is 11.5. The molecule has 0 aromatic carbocycles. The summed E-state index contributed by atoms with van der Waals surface area (Å²) in [5.41, 5.74) is 1.24. The minimum absolute atomic E-state index is 0.193. The van der Waals surface area contributed by atoms with Gasteiger partial charge in [-0.2, -0.15) is 0 Å². The van der Waals surface area contributed by atoms with Gasteiger partial charge in [-0.05, 0) is 30.4 Å². The summed E-state index contributed by atoms with van der Waals surface area (Å²) in [4.78, 5) is 32.6. The van der Waals surface area contributed by atoms with Crippen LogP contribution in [0.15, 0.2) is 16.9 Å². The van der Waals surface area contributed by atoms with Crippen molar-refractivity contribution in [3.05, 3.63) is 28.3 Å². The summed E-state index contributed by atoms with van der Waals surface area (Å²) >= 11 is 0. The number of nitrogens with zero attached hydrogens (tertiary/aromatic N) is 1. The number of hydrogen-bond donors (Lipinski definition) is 3. The number of aromatic amines is 2. The fraction of sp³-hybridized carbons (Fsp3) is 0.500. The Balaban J connectivity index is 1.73. The van der Waals surface area contributed by atoms with E-state index < -0.39 is 0 Å². The summed E-state index contributed by atoms with van der Waals surface area (Å²) in [5, 5.41) is 2.95. The Labute approximate surface area is 116 Å². The maximum Gasteiger partial charge on any atom is 0.325 e. The number of H-pyrrole nitrogens is 2. The fourth-order valence-corrected chi connectivity index (χ4v) is 2.83. The van der Waals surface area contributed by atoms with Crippen LogP contribution in [0.25, 0.3) is 11.2 Å². The summed E-state index contributed by atoms with van der Waals surface area (Å²) in [7, 11) is 0. The Kier molecular flexibility index (Phi) is 3.08. The van der Waals surface area contributed by atoms with Gasteiger partial charge in [0.05, 0.1) is 5.52 Å². The molecular formula is C14H18N4O2. The number of imidazole rings is 1. The molecule has 1 fully saturated rings. The summed E-state index contributed by atoms with van der Waals surface area (Å²) in [6.07, 6.45) is 4.79. The molecule has 2 heterocycles. The molecule has 1 amide bonds. The SMILES string of the molecule is CC1(CNC(=O)c2ccc3[nH]c(=O)[nH]c3n2)CCCC1. The second-order valence-corrected chi connectivity index (χ2v) is 5.87. The van der Waals surface area contributed by atoms with Gasteiger partial charge in [0.25, 0.3) is 5.91 Å². The highest BCUT2D eigenvalue weighted by Crippen LogP contribution is 2.36. The van der Waals surface area contributed by atoms with Crippen molar-refractivity contribution < 1.29 is 4.79 Å². The van der Waals surface area contributed by atoms with E-state index in [4.69, 9.17) is 0 Å². The molecule has 3 rings (SSSR count). The Morgan fingerprint density at radius 2 is 2.10 bits per heavy atom. The number of aromatic nitrogens is 3. The van der Waals surface area contributed by atoms with Crippen LogP contribution in [0.2, 0.25) is 0 Å². The van der Waals surface area contributed by atoms with Crippen LogP contribution >= 0.6 is 0 Å². The van der Waals surface area contributed by atoms with Crippen molar-refractivity contribution in [2.24, 2.45) is 5.41 Å². The predicted molar refractivity (Wildman–Crippen MR) is 75.6 cm³/mol. The van der Waals surface area contributed by atoms with Crippen LogP contribution in [0.1, 0.15) is 43.1 Å². The first-order valence-electron chi connectivity index (χ1n) is 6.93. The van der Waals surface area contributed by atoms with Crippen molar-refractivity contribution in [1.82, 2.24) is 20.3 Å². The molecule has 106 valence electrons. The van der Waals surface area contributed by atoms with Gasteiger partial charge >= 0.3 is 5.69 Å². The van der Waals surface area contributed by atoms with Gasteiger partial charge in [0.2, 0.25) is 0 Å². The van der Waals surface area contributed by atoms with Crippen molar-refractivity contribution >= 4 is 17.1 Å². The first-order chi connectivity index (χ1) is 9.56. The van der Waals surface area contributed by atoms with Crippen LogP contribution in [0.3, 0.4) is 0 Å². The molecule has 0 saturated heterocycles. The predicted octanol–water partition coefficient (Wildman–Crippen LogP) is 1.56. The van der Waals surface area contributed by atoms with Gasteiger partial charge in [-0.25, -0.2) is 9.78 Å². The van der Waals surface area contributed by atoms with E-state index in [0.29, 0.717) is 23.4 Å². The third kappa shape index (κ3) is 2.45. The largest absolute Gasteiger partial charge is 0.350 e. The number of carbonyl (C=O) groups excluding carboxylic acids is 1. The number of rotatable bonds is 3. The van der Waals surface area contributed by atoms with Gasteiger partial charge in [0.15, 0.2) is 5.65 Å². The van der Waals surface area contributed by atoms with E-state index in [1.165, 1.54) is 12.8 Å². The zero-order valence-electron chi connectivity index (χ0n) is 11.5. The van der Waals surface area contributed by atoms with Crippen LogP contribution in [0.4, 0.5) is 0 Å². The minimum Gasteiger partial charge on any atom is -0.350 e. The van der Waals surface area contributed by atoms with Crippen molar-refractivity contribution in [3.8, 4) is 0 Å². The first kappa shape index (κ1) is 12.9. The van der Waals surface area contributed by atoms with Crippen LogP contribution in [0.5, 0.6) is 0 Å². The highest BCUT2D eigenvalue weighted by Gasteiger charge is 2.29. The number of hydrogen-bond acceptors (Lipinski definition) is 3. The number of fused-ring (bicyclic) bond motifs is 1. The fourth-order valence-electron chi connectivity index (χ4n) is 2.83. The quantitative estimate of drug-likeness (QED) is 0.793. The summed E-state index contributed by atoms with van der Waals surface area (Å²) in [5.74, 6) is -0.193. The maximum atomic E-state index is 12.1. The van der Waals surface area contributed by atoms with E-state index >= 15 is 0 Å². The average molecular weight is 274 g/mol.